The van der Waals surface area contributed by atoms with Gasteiger partial charge >= 0.3 is 0 Å². The summed E-state index contributed by atoms with van der Waals surface area (Å²) in [5.41, 5.74) is 1.33. The molecule has 2 rings (SSSR count). The number of allylic oxidation sites excluding steroid dienone is 1. The summed E-state index contributed by atoms with van der Waals surface area (Å²) in [5, 5.41) is 10.7. The van der Waals surface area contributed by atoms with Crippen LogP contribution in [0.25, 0.3) is 0 Å². The van der Waals surface area contributed by atoms with Crippen LogP contribution in [0.4, 0.5) is 0 Å². The van der Waals surface area contributed by atoms with E-state index in [-0.39, 0.29) is 0 Å². The highest BCUT2D eigenvalue weighted by Crippen LogP contribution is 2.49. The molecule has 2 heteroatoms. The van der Waals surface area contributed by atoms with Gasteiger partial charge in [-0.05, 0) is 42.7 Å². The molecule has 2 nitrogen and oxygen atoms in total. The van der Waals surface area contributed by atoms with Crippen molar-refractivity contribution in [3.05, 3.63) is 11.1 Å². The Labute approximate surface area is 91.4 Å². The summed E-state index contributed by atoms with van der Waals surface area (Å²) in [4.78, 5) is 11.0. The number of aliphatic hydroxyl groups is 1. The van der Waals surface area contributed by atoms with E-state index in [1.807, 2.05) is 0 Å². The van der Waals surface area contributed by atoms with Crippen LogP contribution >= 0.6 is 0 Å². The fourth-order valence-electron chi connectivity index (χ4n) is 3.31. The van der Waals surface area contributed by atoms with Crippen molar-refractivity contribution >= 4 is 6.29 Å². The lowest BCUT2D eigenvalue weighted by molar-refractivity contribution is -0.105. The van der Waals surface area contributed by atoms with E-state index in [4.69, 9.17) is 0 Å². The number of hydrogen-bond donors (Lipinski definition) is 1. The van der Waals surface area contributed by atoms with Crippen LogP contribution < -0.4 is 0 Å². The third kappa shape index (κ3) is 1.65. The predicted molar refractivity (Wildman–Crippen MR) is 59.5 cm³/mol. The number of carbonyl (C=O) groups is 1. The number of rotatable bonds is 3. The highest BCUT2D eigenvalue weighted by atomic mass is 16.3. The lowest BCUT2D eigenvalue weighted by Gasteiger charge is -2.37. The van der Waals surface area contributed by atoms with Crippen LogP contribution in [0.3, 0.4) is 0 Å². The molecular weight excluding hydrogens is 188 g/mol. The first-order valence-electron chi connectivity index (χ1n) is 6.12. The van der Waals surface area contributed by atoms with Gasteiger partial charge in [-0.3, -0.25) is 4.79 Å². The summed E-state index contributed by atoms with van der Waals surface area (Å²) in [6.45, 7) is 2.11. The van der Waals surface area contributed by atoms with Gasteiger partial charge < -0.3 is 5.11 Å². The molecule has 0 saturated heterocycles. The number of hydrogen-bond acceptors (Lipinski definition) is 2. The van der Waals surface area contributed by atoms with E-state index >= 15 is 0 Å². The van der Waals surface area contributed by atoms with E-state index in [0.29, 0.717) is 5.92 Å². The Hall–Kier alpha value is -0.630. The minimum Gasteiger partial charge on any atom is -0.385 e. The zero-order chi connectivity index (χ0) is 10.9. The van der Waals surface area contributed by atoms with Gasteiger partial charge in [0, 0.05) is 0 Å². The Bertz CT molecular complexity index is 293. The molecule has 0 heterocycles. The van der Waals surface area contributed by atoms with Gasteiger partial charge in [-0.2, -0.15) is 0 Å². The predicted octanol–water partition coefficient (Wildman–Crippen LogP) is 2.61. The van der Waals surface area contributed by atoms with Crippen molar-refractivity contribution in [1.29, 1.82) is 0 Å². The molecule has 0 aromatic heterocycles. The van der Waals surface area contributed by atoms with Gasteiger partial charge in [0.1, 0.15) is 6.29 Å². The van der Waals surface area contributed by atoms with E-state index in [9.17, 15) is 9.90 Å². The van der Waals surface area contributed by atoms with Gasteiger partial charge in [0.2, 0.25) is 0 Å². The van der Waals surface area contributed by atoms with Crippen LogP contribution in [-0.2, 0) is 4.79 Å². The van der Waals surface area contributed by atoms with Crippen LogP contribution in [0.5, 0.6) is 0 Å². The van der Waals surface area contributed by atoms with Crippen molar-refractivity contribution in [2.45, 2.75) is 57.5 Å². The normalized spacial score (nSPS) is 35.5. The summed E-state index contributed by atoms with van der Waals surface area (Å²) in [5.74, 6) is 0.327. The Balaban J connectivity index is 2.30. The van der Waals surface area contributed by atoms with Crippen LogP contribution in [0.2, 0.25) is 0 Å². The average Bonchev–Trinajstić information content (AvgIpc) is 2.53. The van der Waals surface area contributed by atoms with Gasteiger partial charge in [0.25, 0.3) is 0 Å². The van der Waals surface area contributed by atoms with E-state index in [1.165, 1.54) is 6.42 Å². The Morgan fingerprint density at radius 1 is 1.53 bits per heavy atom. The Morgan fingerprint density at radius 3 is 3.00 bits per heavy atom. The molecule has 1 fully saturated rings. The molecular formula is C13H20O2. The van der Waals surface area contributed by atoms with Crippen LogP contribution in [0.15, 0.2) is 11.1 Å². The zero-order valence-corrected chi connectivity index (χ0v) is 9.46. The molecule has 84 valence electrons. The first-order chi connectivity index (χ1) is 7.22. The van der Waals surface area contributed by atoms with E-state index < -0.39 is 5.60 Å². The monoisotopic (exact) mass is 208 g/mol. The zero-order valence-electron chi connectivity index (χ0n) is 9.46. The second kappa shape index (κ2) is 4.09. The number of aldehydes is 1. The van der Waals surface area contributed by atoms with Crippen LogP contribution in [0, 0.1) is 5.92 Å². The third-order valence-electron chi connectivity index (χ3n) is 4.05. The summed E-state index contributed by atoms with van der Waals surface area (Å²) < 4.78 is 0. The lowest BCUT2D eigenvalue weighted by atomic mass is 9.74. The second-order valence-corrected chi connectivity index (χ2v) is 4.94. The molecule has 15 heavy (non-hydrogen) atoms. The van der Waals surface area contributed by atoms with E-state index in [0.717, 1.165) is 56.0 Å². The molecule has 0 bridgehead atoms. The minimum absolute atomic E-state index is 0.327. The highest BCUT2D eigenvalue weighted by molar-refractivity contribution is 5.77. The van der Waals surface area contributed by atoms with Gasteiger partial charge in [-0.25, -0.2) is 0 Å². The Kier molecular flexibility index (Phi) is 2.96. The van der Waals surface area contributed by atoms with Crippen molar-refractivity contribution in [2.75, 3.05) is 0 Å². The summed E-state index contributed by atoms with van der Waals surface area (Å²) in [7, 11) is 0. The summed E-state index contributed by atoms with van der Waals surface area (Å²) in [6, 6.07) is 0. The molecule has 2 aliphatic rings. The van der Waals surface area contributed by atoms with Crippen LogP contribution in [0.1, 0.15) is 51.9 Å². The molecule has 0 aromatic carbocycles. The maximum atomic E-state index is 11.0. The molecule has 0 amide bonds. The topological polar surface area (TPSA) is 37.3 Å². The first kappa shape index (κ1) is 10.9. The maximum absolute atomic E-state index is 11.0. The molecule has 0 aromatic rings. The smallest absolute Gasteiger partial charge is 0.146 e. The molecule has 2 atom stereocenters. The molecule has 0 spiro atoms. The van der Waals surface area contributed by atoms with E-state index in [1.54, 1.807) is 0 Å². The molecule has 1 saturated carbocycles. The Morgan fingerprint density at radius 2 is 2.33 bits per heavy atom. The van der Waals surface area contributed by atoms with Crippen molar-refractivity contribution in [3.8, 4) is 0 Å². The SMILES string of the molecule is CCCC1=C(C=O)CC2CCCCC12O. The third-order valence-corrected chi connectivity index (χ3v) is 4.05. The standard InChI is InChI=1S/C13H20O2/c1-2-5-12-10(9-14)8-11-6-3-4-7-13(11,12)15/h9,11,15H,2-8H2,1H3. The van der Waals surface area contributed by atoms with Crippen LogP contribution in [-0.4, -0.2) is 17.0 Å². The van der Waals surface area contributed by atoms with Gasteiger partial charge in [0.15, 0.2) is 0 Å². The molecule has 0 radical (unpaired) electrons. The van der Waals surface area contributed by atoms with E-state index in [2.05, 4.69) is 6.92 Å². The number of fused-ring (bicyclic) bond motifs is 1. The number of carbonyl (C=O) groups excluding carboxylic acids is 1. The van der Waals surface area contributed by atoms with Gasteiger partial charge in [-0.1, -0.05) is 26.2 Å². The van der Waals surface area contributed by atoms with Gasteiger partial charge in [-0.15, -0.1) is 0 Å². The summed E-state index contributed by atoms with van der Waals surface area (Å²) >= 11 is 0. The molecule has 2 aliphatic carbocycles. The van der Waals surface area contributed by atoms with Crippen molar-refractivity contribution in [1.82, 2.24) is 0 Å². The van der Waals surface area contributed by atoms with Crippen molar-refractivity contribution in [2.24, 2.45) is 5.92 Å². The fraction of sp³-hybridized carbons (Fsp3) is 0.769. The quantitative estimate of drug-likeness (QED) is 0.724. The lowest BCUT2D eigenvalue weighted by Crippen LogP contribution is -2.38. The molecule has 0 aliphatic heterocycles. The van der Waals surface area contributed by atoms with Gasteiger partial charge in [0.05, 0.1) is 5.60 Å². The van der Waals surface area contributed by atoms with Crippen molar-refractivity contribution < 1.29 is 9.90 Å². The second-order valence-electron chi connectivity index (χ2n) is 4.94. The minimum atomic E-state index is -0.621. The molecule has 2 unspecified atom stereocenters. The highest BCUT2D eigenvalue weighted by Gasteiger charge is 2.47. The molecule has 1 N–H and O–H groups in total. The average molecular weight is 208 g/mol. The largest absolute Gasteiger partial charge is 0.385 e. The fourth-order valence-corrected chi connectivity index (χ4v) is 3.31. The maximum Gasteiger partial charge on any atom is 0.146 e. The van der Waals surface area contributed by atoms with Crippen molar-refractivity contribution in [3.63, 3.8) is 0 Å². The first-order valence-corrected chi connectivity index (χ1v) is 6.12. The summed E-state index contributed by atoms with van der Waals surface area (Å²) in [6.07, 6.45) is 7.95.